The summed E-state index contributed by atoms with van der Waals surface area (Å²) >= 11 is 15.5. The summed E-state index contributed by atoms with van der Waals surface area (Å²) in [5.74, 6) is 0. The van der Waals surface area contributed by atoms with E-state index in [1.807, 2.05) is 0 Å². The first-order chi connectivity index (χ1) is 8.44. The van der Waals surface area contributed by atoms with E-state index in [9.17, 15) is 4.79 Å². The monoisotopic (exact) mass is 316 g/mol. The first kappa shape index (κ1) is 16.3. The Hall–Kier alpha value is 0.260. The molecule has 0 aromatic heterocycles. The van der Waals surface area contributed by atoms with Crippen molar-refractivity contribution in [3.63, 3.8) is 0 Å². The fraction of sp³-hybridized carbons (Fsp3) is 0.909. The van der Waals surface area contributed by atoms with Crippen molar-refractivity contribution in [3.05, 3.63) is 0 Å². The van der Waals surface area contributed by atoms with Gasteiger partial charge in [-0.3, -0.25) is 4.79 Å². The van der Waals surface area contributed by atoms with Crippen LogP contribution in [0, 0.1) is 0 Å². The van der Waals surface area contributed by atoms with Crippen molar-refractivity contribution in [3.8, 4) is 0 Å². The van der Waals surface area contributed by atoms with Crippen LogP contribution < -0.4 is 10.6 Å². The van der Waals surface area contributed by atoms with Gasteiger partial charge >= 0.3 is 0 Å². The van der Waals surface area contributed by atoms with Gasteiger partial charge in [-0.15, -0.1) is 0 Å². The predicted molar refractivity (Wildman–Crippen MR) is 74.3 cm³/mol. The molecule has 0 aromatic carbocycles. The number of halogens is 3. The maximum atomic E-state index is 9.45. The summed E-state index contributed by atoms with van der Waals surface area (Å²) in [6.45, 7) is 0.0169. The smallest absolute Gasteiger partial charge is 0.293 e. The molecule has 2 aliphatic heterocycles. The van der Waals surface area contributed by atoms with Crippen LogP contribution in [-0.2, 0) is 9.53 Å². The second kappa shape index (κ2) is 7.75. The molecule has 2 saturated heterocycles. The summed E-state index contributed by atoms with van der Waals surface area (Å²) in [6, 6.07) is 2.45. The lowest BCUT2D eigenvalue weighted by Crippen LogP contribution is -2.45. The van der Waals surface area contributed by atoms with Crippen molar-refractivity contribution in [2.24, 2.45) is 0 Å². The number of rotatable bonds is 3. The molecule has 0 aromatic rings. The maximum Gasteiger partial charge on any atom is 0.293 e. The topological polar surface area (TPSA) is 50.4 Å². The highest BCUT2D eigenvalue weighted by molar-refractivity contribution is 6.67. The third-order valence-corrected chi connectivity index (χ3v) is 3.52. The predicted octanol–water partition coefficient (Wildman–Crippen LogP) is 2.02. The second-order valence-electron chi connectivity index (χ2n) is 4.62. The summed E-state index contributed by atoms with van der Waals surface area (Å²) in [5.41, 5.74) is 0. The molecule has 0 aliphatic carbocycles. The van der Waals surface area contributed by atoms with Gasteiger partial charge in [-0.25, -0.2) is 0 Å². The van der Waals surface area contributed by atoms with Crippen LogP contribution in [0.2, 0.25) is 0 Å². The van der Waals surface area contributed by atoms with E-state index in [1.165, 1.54) is 25.7 Å². The molecule has 0 amide bonds. The van der Waals surface area contributed by atoms with E-state index in [2.05, 4.69) is 22.4 Å². The minimum absolute atomic E-state index is 0.207. The van der Waals surface area contributed by atoms with E-state index in [0.29, 0.717) is 0 Å². The summed E-state index contributed by atoms with van der Waals surface area (Å²) in [7, 11) is 2.08. The van der Waals surface area contributed by atoms with Crippen LogP contribution in [0.25, 0.3) is 0 Å². The summed E-state index contributed by atoms with van der Waals surface area (Å²) < 4.78 is 2.64. The van der Waals surface area contributed by atoms with Crippen LogP contribution >= 0.6 is 34.8 Å². The van der Waals surface area contributed by atoms with Crippen LogP contribution in [0.3, 0.4) is 0 Å². The molecule has 0 saturated carbocycles. The Kier molecular flexibility index (Phi) is 7.03. The molecular formula is C11H19Cl3N2O2. The van der Waals surface area contributed by atoms with Crippen molar-refractivity contribution in [1.82, 2.24) is 10.6 Å². The number of hydrogen-bond acceptors (Lipinski definition) is 4. The van der Waals surface area contributed by atoms with Gasteiger partial charge in [0.1, 0.15) is 6.61 Å². The third-order valence-electron chi connectivity index (χ3n) is 3.20. The lowest BCUT2D eigenvalue weighted by molar-refractivity contribution is -0.128. The number of ether oxygens (including phenoxy) is 1. The molecule has 2 aliphatic rings. The largest absolute Gasteiger partial charge is 0.463 e. The van der Waals surface area contributed by atoms with Crippen molar-refractivity contribution in [2.45, 2.75) is 47.6 Å². The minimum atomic E-state index is -1.49. The minimum Gasteiger partial charge on any atom is -0.463 e. The van der Waals surface area contributed by atoms with E-state index in [-0.39, 0.29) is 13.1 Å². The highest BCUT2D eigenvalue weighted by Crippen LogP contribution is 2.26. The highest BCUT2D eigenvalue weighted by atomic mass is 35.6. The summed E-state index contributed by atoms with van der Waals surface area (Å²) in [6.07, 6.45) is 5.49. The fourth-order valence-corrected chi connectivity index (χ4v) is 2.61. The molecule has 7 heteroatoms. The Bertz CT molecular complexity index is 249. The van der Waals surface area contributed by atoms with E-state index in [4.69, 9.17) is 34.8 Å². The van der Waals surface area contributed by atoms with E-state index >= 15 is 0 Å². The Balaban J connectivity index is 0.000000187. The van der Waals surface area contributed by atoms with Gasteiger partial charge in [0.05, 0.1) is 0 Å². The number of carbonyl (C=O) groups is 1. The van der Waals surface area contributed by atoms with Crippen LogP contribution in [0.15, 0.2) is 0 Å². The lowest BCUT2D eigenvalue weighted by atomic mass is 10.0. The van der Waals surface area contributed by atoms with Crippen molar-refractivity contribution >= 4 is 41.3 Å². The quantitative estimate of drug-likeness (QED) is 0.618. The summed E-state index contributed by atoms with van der Waals surface area (Å²) in [5, 5.41) is 6.98. The summed E-state index contributed by atoms with van der Waals surface area (Å²) in [4.78, 5) is 9.45. The van der Waals surface area contributed by atoms with E-state index in [1.54, 1.807) is 0 Å². The lowest BCUT2D eigenvalue weighted by Gasteiger charge is -2.28. The van der Waals surface area contributed by atoms with Crippen LogP contribution in [0.5, 0.6) is 0 Å². The molecule has 4 nitrogen and oxygen atoms in total. The van der Waals surface area contributed by atoms with Gasteiger partial charge < -0.3 is 15.4 Å². The van der Waals surface area contributed by atoms with Gasteiger partial charge in [0.2, 0.25) is 3.79 Å². The average Bonchev–Trinajstić information content (AvgIpc) is 2.65. The normalized spacial score (nSPS) is 30.3. The van der Waals surface area contributed by atoms with Crippen molar-refractivity contribution in [2.75, 3.05) is 13.7 Å². The van der Waals surface area contributed by atoms with Gasteiger partial charge in [0, 0.05) is 18.1 Å². The molecule has 2 N–H and O–H groups in total. The van der Waals surface area contributed by atoms with E-state index in [0.717, 1.165) is 18.1 Å². The fourth-order valence-electron chi connectivity index (χ4n) is 2.42. The second-order valence-corrected chi connectivity index (χ2v) is 7.13. The molecule has 2 fully saturated rings. The Labute approximate surface area is 123 Å². The first-order valence-corrected chi connectivity index (χ1v) is 7.13. The standard InChI is InChI=1S/C8H16N2.C3H3Cl3O2/c1-9-8-4-6-2-3-7(5-8)10-6;4-3(5,6)1-8-2-7/h6-10H,2-5H2,1H3;2H,1H2/t6-,7+,8?;. The van der Waals surface area contributed by atoms with Gasteiger partial charge in [-0.05, 0) is 32.7 Å². The molecule has 3 atom stereocenters. The Morgan fingerprint density at radius 1 is 1.33 bits per heavy atom. The van der Waals surface area contributed by atoms with Gasteiger partial charge in [-0.1, -0.05) is 34.8 Å². The van der Waals surface area contributed by atoms with Crippen LogP contribution in [-0.4, -0.2) is 42.0 Å². The molecule has 1 unspecified atom stereocenters. The van der Waals surface area contributed by atoms with Crippen molar-refractivity contribution < 1.29 is 9.53 Å². The zero-order chi connectivity index (χ0) is 13.6. The molecule has 0 spiro atoms. The third kappa shape index (κ3) is 6.43. The Morgan fingerprint density at radius 3 is 2.22 bits per heavy atom. The number of alkyl halides is 3. The van der Waals surface area contributed by atoms with Gasteiger partial charge in [-0.2, -0.15) is 0 Å². The van der Waals surface area contributed by atoms with E-state index < -0.39 is 3.79 Å². The molecule has 18 heavy (non-hydrogen) atoms. The highest BCUT2D eigenvalue weighted by Gasteiger charge is 2.32. The number of nitrogens with one attached hydrogen (secondary N) is 2. The van der Waals surface area contributed by atoms with Crippen molar-refractivity contribution in [1.29, 1.82) is 0 Å². The zero-order valence-corrected chi connectivity index (χ0v) is 12.6. The first-order valence-electron chi connectivity index (χ1n) is 6.00. The number of carbonyl (C=O) groups excluding carboxylic acids is 1. The number of fused-ring (bicyclic) bond motifs is 2. The Morgan fingerprint density at radius 2 is 1.89 bits per heavy atom. The zero-order valence-electron chi connectivity index (χ0n) is 10.3. The molecule has 2 rings (SSSR count). The molecule has 2 heterocycles. The molecule has 0 radical (unpaired) electrons. The molecular weight excluding hydrogens is 298 g/mol. The molecule has 106 valence electrons. The molecule has 2 bridgehead atoms. The van der Waals surface area contributed by atoms with Crippen LogP contribution in [0.4, 0.5) is 0 Å². The number of hydrogen-bond donors (Lipinski definition) is 2. The van der Waals surface area contributed by atoms with Gasteiger partial charge in [0.15, 0.2) is 0 Å². The maximum absolute atomic E-state index is 9.45. The van der Waals surface area contributed by atoms with Crippen LogP contribution in [0.1, 0.15) is 25.7 Å². The van der Waals surface area contributed by atoms with Gasteiger partial charge in [0.25, 0.3) is 6.47 Å². The average molecular weight is 318 g/mol. The number of piperidine rings is 1. The SMILES string of the molecule is CNC1C[C@H]2CC[C@@H](C1)N2.O=COCC(Cl)(Cl)Cl.